The number of halogens is 2. The van der Waals surface area contributed by atoms with Crippen molar-refractivity contribution in [1.29, 1.82) is 0 Å². The van der Waals surface area contributed by atoms with Crippen molar-refractivity contribution in [3.8, 4) is 0 Å². The molecule has 1 amide bonds. The SMILES string of the molecule is CC1(C(=O)N2CC(S(=O)(=O)c3ccc(Cl)cc3Cl)CC2C(=O)O)CC1. The van der Waals surface area contributed by atoms with Crippen molar-refractivity contribution in [3.05, 3.63) is 28.2 Å². The van der Waals surface area contributed by atoms with E-state index in [-0.39, 0.29) is 28.8 Å². The van der Waals surface area contributed by atoms with Gasteiger partial charge in [0.25, 0.3) is 0 Å². The number of rotatable bonds is 4. The van der Waals surface area contributed by atoms with E-state index in [1.807, 2.05) is 0 Å². The van der Waals surface area contributed by atoms with Crippen LogP contribution in [0.1, 0.15) is 26.2 Å². The monoisotopic (exact) mass is 405 g/mol. The van der Waals surface area contributed by atoms with Gasteiger partial charge in [-0.3, -0.25) is 4.79 Å². The predicted molar refractivity (Wildman–Crippen MR) is 92.5 cm³/mol. The maximum absolute atomic E-state index is 12.9. The molecule has 0 aromatic heterocycles. The molecule has 3 rings (SSSR count). The number of carbonyl (C=O) groups excluding carboxylic acids is 1. The average Bonchev–Trinajstić information content (AvgIpc) is 3.11. The van der Waals surface area contributed by atoms with Crippen LogP contribution in [0.15, 0.2) is 23.1 Å². The van der Waals surface area contributed by atoms with Gasteiger partial charge in [-0.15, -0.1) is 0 Å². The molecule has 2 fully saturated rings. The molecular formula is C16H17Cl2NO5S. The first-order chi connectivity index (χ1) is 11.6. The molecule has 25 heavy (non-hydrogen) atoms. The van der Waals surface area contributed by atoms with E-state index in [9.17, 15) is 23.1 Å². The summed E-state index contributed by atoms with van der Waals surface area (Å²) >= 11 is 11.8. The van der Waals surface area contributed by atoms with E-state index in [1.165, 1.54) is 23.1 Å². The number of carboxylic acid groups (broad SMARTS) is 1. The van der Waals surface area contributed by atoms with Crippen molar-refractivity contribution in [2.45, 2.75) is 42.4 Å². The number of carbonyl (C=O) groups is 2. The average molecular weight is 406 g/mol. The molecule has 6 nitrogen and oxygen atoms in total. The summed E-state index contributed by atoms with van der Waals surface area (Å²) in [5.74, 6) is -1.49. The minimum atomic E-state index is -3.89. The van der Waals surface area contributed by atoms with Gasteiger partial charge in [0, 0.05) is 17.0 Å². The van der Waals surface area contributed by atoms with Crippen molar-refractivity contribution in [2.75, 3.05) is 6.54 Å². The van der Waals surface area contributed by atoms with E-state index < -0.39 is 32.5 Å². The molecule has 0 spiro atoms. The van der Waals surface area contributed by atoms with Crippen molar-refractivity contribution in [1.82, 2.24) is 4.90 Å². The van der Waals surface area contributed by atoms with Crippen molar-refractivity contribution in [3.63, 3.8) is 0 Å². The lowest BCUT2D eigenvalue weighted by Gasteiger charge is -2.24. The Hall–Kier alpha value is -1.31. The molecule has 136 valence electrons. The Morgan fingerprint density at radius 2 is 1.92 bits per heavy atom. The highest BCUT2D eigenvalue weighted by Crippen LogP contribution is 2.48. The fourth-order valence-corrected chi connectivity index (χ4v) is 5.59. The number of amides is 1. The molecule has 1 aliphatic heterocycles. The first kappa shape index (κ1) is 18.5. The molecule has 0 bridgehead atoms. The lowest BCUT2D eigenvalue weighted by molar-refractivity contribution is -0.150. The van der Waals surface area contributed by atoms with E-state index in [2.05, 4.69) is 0 Å². The Labute approximate surface area is 155 Å². The summed E-state index contributed by atoms with van der Waals surface area (Å²) in [7, 11) is -3.89. The molecule has 1 aromatic rings. The third-order valence-electron chi connectivity index (χ3n) is 4.96. The van der Waals surface area contributed by atoms with E-state index >= 15 is 0 Å². The van der Waals surface area contributed by atoms with Gasteiger partial charge in [-0.1, -0.05) is 30.1 Å². The van der Waals surface area contributed by atoms with E-state index in [4.69, 9.17) is 23.2 Å². The van der Waals surface area contributed by atoms with Crippen LogP contribution in [-0.2, 0) is 19.4 Å². The maximum atomic E-state index is 12.9. The summed E-state index contributed by atoms with van der Waals surface area (Å²) < 4.78 is 25.8. The first-order valence-electron chi connectivity index (χ1n) is 7.79. The number of aliphatic carboxylic acids is 1. The van der Waals surface area contributed by atoms with Crippen LogP contribution in [0.2, 0.25) is 10.0 Å². The van der Waals surface area contributed by atoms with Crippen LogP contribution < -0.4 is 0 Å². The second kappa shape index (κ2) is 6.14. The lowest BCUT2D eigenvalue weighted by Crippen LogP contribution is -2.44. The Morgan fingerprint density at radius 3 is 2.44 bits per heavy atom. The summed E-state index contributed by atoms with van der Waals surface area (Å²) in [5.41, 5.74) is -0.565. The molecule has 1 N–H and O–H groups in total. The molecule has 2 unspecified atom stereocenters. The molecule has 2 aliphatic rings. The van der Waals surface area contributed by atoms with Crippen LogP contribution in [0, 0.1) is 5.41 Å². The zero-order valence-corrected chi connectivity index (χ0v) is 15.7. The fourth-order valence-electron chi connectivity index (χ4n) is 3.11. The van der Waals surface area contributed by atoms with Gasteiger partial charge in [0.2, 0.25) is 5.91 Å². The van der Waals surface area contributed by atoms with Crippen LogP contribution in [-0.4, -0.2) is 48.1 Å². The van der Waals surface area contributed by atoms with E-state index in [1.54, 1.807) is 6.92 Å². The minimum Gasteiger partial charge on any atom is -0.480 e. The van der Waals surface area contributed by atoms with Crippen molar-refractivity contribution in [2.24, 2.45) is 5.41 Å². The van der Waals surface area contributed by atoms with Crippen molar-refractivity contribution >= 4 is 44.9 Å². The molecule has 1 aromatic carbocycles. The van der Waals surface area contributed by atoms with Gasteiger partial charge in [-0.05, 0) is 37.5 Å². The second-order valence-corrected chi connectivity index (χ2v) is 9.89. The first-order valence-corrected chi connectivity index (χ1v) is 10.1. The van der Waals surface area contributed by atoms with Gasteiger partial charge in [0.05, 0.1) is 15.2 Å². The van der Waals surface area contributed by atoms with Gasteiger partial charge in [-0.25, -0.2) is 13.2 Å². The van der Waals surface area contributed by atoms with Gasteiger partial charge >= 0.3 is 5.97 Å². The minimum absolute atomic E-state index is 0.0155. The Balaban J connectivity index is 1.92. The largest absolute Gasteiger partial charge is 0.480 e. The molecule has 0 radical (unpaired) electrons. The second-order valence-electron chi connectivity index (χ2n) is 6.85. The quantitative estimate of drug-likeness (QED) is 0.830. The van der Waals surface area contributed by atoms with Gasteiger partial charge in [0.1, 0.15) is 6.04 Å². The summed E-state index contributed by atoms with van der Waals surface area (Å²) in [6, 6.07) is 2.91. The molecule has 2 atom stereocenters. The molecule has 1 saturated carbocycles. The normalized spacial score (nSPS) is 25.0. The number of carboxylic acids is 1. The highest BCUT2D eigenvalue weighted by Gasteiger charge is 2.53. The Bertz CT molecular complexity index is 850. The van der Waals surface area contributed by atoms with Crippen molar-refractivity contribution < 1.29 is 23.1 Å². The zero-order chi connectivity index (χ0) is 18.6. The molecule has 1 saturated heterocycles. The standard InChI is InChI=1S/C16H17Cl2NO5S/c1-16(4-5-16)15(22)19-8-10(7-12(19)14(20)21)25(23,24)13-3-2-9(17)6-11(13)18/h2-3,6,10,12H,4-5,7-8H2,1H3,(H,20,21). The van der Waals surface area contributed by atoms with Crippen LogP contribution in [0.5, 0.6) is 0 Å². The molecular weight excluding hydrogens is 389 g/mol. The molecule has 9 heteroatoms. The highest BCUT2D eigenvalue weighted by atomic mass is 35.5. The summed E-state index contributed by atoms with van der Waals surface area (Å²) in [6.07, 6.45) is 1.22. The third-order valence-corrected chi connectivity index (χ3v) is 7.81. The number of sulfone groups is 1. The maximum Gasteiger partial charge on any atom is 0.326 e. The van der Waals surface area contributed by atoms with E-state index in [0.717, 1.165) is 0 Å². The van der Waals surface area contributed by atoms with Crippen LogP contribution in [0.4, 0.5) is 0 Å². The lowest BCUT2D eigenvalue weighted by atomic mass is 10.1. The van der Waals surface area contributed by atoms with Gasteiger partial charge < -0.3 is 10.0 Å². The number of hydrogen-bond donors (Lipinski definition) is 1. The predicted octanol–water partition coefficient (Wildman–Crippen LogP) is 2.62. The number of nitrogens with zero attached hydrogens (tertiary/aromatic N) is 1. The van der Waals surface area contributed by atoms with Gasteiger partial charge in [0.15, 0.2) is 9.84 Å². The van der Waals surface area contributed by atoms with Crippen LogP contribution >= 0.6 is 23.2 Å². The summed E-state index contributed by atoms with van der Waals surface area (Å²) in [5, 5.41) is 8.70. The number of benzene rings is 1. The fraction of sp³-hybridized carbons (Fsp3) is 0.500. The molecule has 1 aliphatic carbocycles. The summed E-state index contributed by atoms with van der Waals surface area (Å²) in [6.45, 7) is 1.62. The van der Waals surface area contributed by atoms with Gasteiger partial charge in [-0.2, -0.15) is 0 Å². The Morgan fingerprint density at radius 1 is 1.28 bits per heavy atom. The Kier molecular flexibility index (Phi) is 4.54. The summed E-state index contributed by atoms with van der Waals surface area (Å²) in [4.78, 5) is 25.2. The zero-order valence-electron chi connectivity index (χ0n) is 13.4. The smallest absolute Gasteiger partial charge is 0.326 e. The number of hydrogen-bond acceptors (Lipinski definition) is 4. The highest BCUT2D eigenvalue weighted by molar-refractivity contribution is 7.92. The van der Waals surface area contributed by atoms with E-state index in [0.29, 0.717) is 17.9 Å². The van der Waals surface area contributed by atoms with Crippen LogP contribution in [0.25, 0.3) is 0 Å². The molecule has 1 heterocycles. The van der Waals surface area contributed by atoms with Crippen LogP contribution in [0.3, 0.4) is 0 Å². The number of likely N-dealkylation sites (tertiary alicyclic amines) is 1. The third kappa shape index (κ3) is 3.25. The topological polar surface area (TPSA) is 91.8 Å².